The summed E-state index contributed by atoms with van der Waals surface area (Å²) in [6, 6.07) is 4.13. The van der Waals surface area contributed by atoms with Crippen LogP contribution in [0.1, 0.15) is 17.5 Å². The number of rotatable bonds is 3. The van der Waals surface area contributed by atoms with Gasteiger partial charge in [-0.05, 0) is 35.1 Å². The van der Waals surface area contributed by atoms with Crippen LogP contribution in [0, 0.1) is 0 Å². The molecule has 0 atom stereocenters. The number of hydrogen-bond acceptors (Lipinski definition) is 3. The van der Waals surface area contributed by atoms with Crippen molar-refractivity contribution in [1.29, 1.82) is 0 Å². The average molecular weight is 330 g/mol. The van der Waals surface area contributed by atoms with Crippen molar-refractivity contribution in [3.8, 4) is 0 Å². The van der Waals surface area contributed by atoms with Gasteiger partial charge in [0.25, 0.3) is 0 Å². The summed E-state index contributed by atoms with van der Waals surface area (Å²) in [5.74, 6) is 0. The summed E-state index contributed by atoms with van der Waals surface area (Å²) in [6.45, 7) is 2.96. The maximum atomic E-state index is 6.19. The lowest BCUT2D eigenvalue weighted by molar-refractivity contribution is 0.294. The molecule has 0 saturated carbocycles. The van der Waals surface area contributed by atoms with E-state index in [2.05, 4.69) is 38.6 Å². The minimum Gasteiger partial charge on any atom is -0.346 e. The van der Waals surface area contributed by atoms with Gasteiger partial charge in [0.2, 0.25) is 0 Å². The van der Waals surface area contributed by atoms with Crippen LogP contribution in [0.2, 0.25) is 5.02 Å². The molecule has 3 nitrogen and oxygen atoms in total. The van der Waals surface area contributed by atoms with E-state index in [1.165, 1.54) is 22.1 Å². The third-order valence-electron chi connectivity index (χ3n) is 4.17. The fraction of sp³-hybridized carbons (Fsp3) is 0.235. The number of nitrogens with one attached hydrogen (secondary N) is 1. The van der Waals surface area contributed by atoms with E-state index in [1.807, 2.05) is 17.6 Å². The highest BCUT2D eigenvalue weighted by molar-refractivity contribution is 7.08. The van der Waals surface area contributed by atoms with Gasteiger partial charge in [-0.3, -0.25) is 4.90 Å². The van der Waals surface area contributed by atoms with Crippen LogP contribution >= 0.6 is 22.9 Å². The molecule has 3 aromatic heterocycles. The number of aromatic nitrogens is 2. The monoisotopic (exact) mass is 329 g/mol. The van der Waals surface area contributed by atoms with Gasteiger partial charge in [0.15, 0.2) is 0 Å². The second kappa shape index (κ2) is 5.88. The Morgan fingerprint density at radius 1 is 1.36 bits per heavy atom. The van der Waals surface area contributed by atoms with Crippen molar-refractivity contribution in [3.05, 3.63) is 57.5 Å². The predicted molar refractivity (Wildman–Crippen MR) is 93.3 cm³/mol. The number of aromatic amines is 1. The Balaban J connectivity index is 1.53. The third kappa shape index (κ3) is 2.58. The normalized spacial score (nSPS) is 16.1. The zero-order chi connectivity index (χ0) is 14.9. The molecule has 112 valence electrons. The van der Waals surface area contributed by atoms with E-state index in [0.29, 0.717) is 0 Å². The number of hydrogen-bond donors (Lipinski definition) is 1. The summed E-state index contributed by atoms with van der Waals surface area (Å²) in [5, 5.41) is 6.25. The number of halogens is 1. The van der Waals surface area contributed by atoms with E-state index in [9.17, 15) is 0 Å². The zero-order valence-corrected chi connectivity index (χ0v) is 13.6. The second-order valence-electron chi connectivity index (χ2n) is 5.56. The Bertz CT molecular complexity index is 833. The van der Waals surface area contributed by atoms with Gasteiger partial charge in [-0.2, -0.15) is 11.3 Å². The summed E-state index contributed by atoms with van der Waals surface area (Å²) in [6.07, 6.45) is 7.29. The third-order valence-corrected chi connectivity index (χ3v) is 5.45. The molecule has 0 unspecified atom stereocenters. The standard InChI is InChI=1S/C17H16ClN3S/c18-16-11-22-10-13(16)9-21-6-3-12(4-7-21)15-8-20-17-14(15)2-1-5-19-17/h1-3,5,8,10-11H,4,6-7,9H2,(H,19,20). The lowest BCUT2D eigenvalue weighted by Crippen LogP contribution is -2.27. The van der Waals surface area contributed by atoms with E-state index < -0.39 is 0 Å². The SMILES string of the molecule is Clc1cscc1CN1CC=C(c2c[nH]c3ncccc23)CC1. The first-order valence-electron chi connectivity index (χ1n) is 7.35. The van der Waals surface area contributed by atoms with Crippen LogP contribution in [0.4, 0.5) is 0 Å². The molecule has 22 heavy (non-hydrogen) atoms. The van der Waals surface area contributed by atoms with Crippen LogP contribution in [0.25, 0.3) is 16.6 Å². The Labute approximate surface area is 138 Å². The smallest absolute Gasteiger partial charge is 0.137 e. The molecule has 0 fully saturated rings. The lowest BCUT2D eigenvalue weighted by atomic mass is 9.99. The van der Waals surface area contributed by atoms with Crippen molar-refractivity contribution in [3.63, 3.8) is 0 Å². The van der Waals surface area contributed by atoms with Crippen LogP contribution in [0.3, 0.4) is 0 Å². The molecule has 4 rings (SSSR count). The maximum absolute atomic E-state index is 6.19. The molecule has 0 aromatic carbocycles. The first kappa shape index (κ1) is 14.0. The van der Waals surface area contributed by atoms with Crippen LogP contribution in [-0.4, -0.2) is 28.0 Å². The van der Waals surface area contributed by atoms with E-state index >= 15 is 0 Å². The summed E-state index contributed by atoms with van der Waals surface area (Å²) in [4.78, 5) is 10.1. The molecule has 1 N–H and O–H groups in total. The molecule has 0 radical (unpaired) electrons. The molecule has 0 spiro atoms. The Kier molecular flexibility index (Phi) is 3.74. The number of nitrogens with zero attached hydrogens (tertiary/aromatic N) is 2. The van der Waals surface area contributed by atoms with E-state index in [1.54, 1.807) is 11.3 Å². The molecular weight excluding hydrogens is 314 g/mol. The molecule has 0 amide bonds. The summed E-state index contributed by atoms with van der Waals surface area (Å²) in [7, 11) is 0. The summed E-state index contributed by atoms with van der Waals surface area (Å²) in [5.41, 5.74) is 4.90. The molecule has 5 heteroatoms. The second-order valence-corrected chi connectivity index (χ2v) is 6.71. The summed E-state index contributed by atoms with van der Waals surface area (Å²) < 4.78 is 0. The first-order chi connectivity index (χ1) is 10.8. The van der Waals surface area contributed by atoms with Crippen molar-refractivity contribution in [2.75, 3.05) is 13.1 Å². The average Bonchev–Trinajstić information content (AvgIpc) is 3.15. The van der Waals surface area contributed by atoms with Crippen LogP contribution in [0.15, 0.2) is 41.4 Å². The minimum atomic E-state index is 0.891. The van der Waals surface area contributed by atoms with Crippen LogP contribution in [-0.2, 0) is 6.54 Å². The van der Waals surface area contributed by atoms with E-state index in [0.717, 1.165) is 36.7 Å². The quantitative estimate of drug-likeness (QED) is 0.763. The highest BCUT2D eigenvalue weighted by Gasteiger charge is 2.16. The molecule has 1 aliphatic rings. The van der Waals surface area contributed by atoms with Gasteiger partial charge in [0.05, 0.1) is 5.02 Å². The van der Waals surface area contributed by atoms with Gasteiger partial charge < -0.3 is 4.98 Å². The van der Waals surface area contributed by atoms with Crippen LogP contribution < -0.4 is 0 Å². The summed E-state index contributed by atoms with van der Waals surface area (Å²) >= 11 is 7.86. The molecule has 0 bridgehead atoms. The van der Waals surface area contributed by atoms with Gasteiger partial charge in [-0.25, -0.2) is 4.98 Å². The lowest BCUT2D eigenvalue weighted by Gasteiger charge is -2.26. The minimum absolute atomic E-state index is 0.891. The van der Waals surface area contributed by atoms with E-state index in [4.69, 9.17) is 11.6 Å². The molecular formula is C17H16ClN3S. The van der Waals surface area contributed by atoms with Crippen LogP contribution in [0.5, 0.6) is 0 Å². The molecule has 1 aliphatic heterocycles. The largest absolute Gasteiger partial charge is 0.346 e. The Morgan fingerprint density at radius 2 is 2.32 bits per heavy atom. The Morgan fingerprint density at radius 3 is 3.09 bits per heavy atom. The molecule has 4 heterocycles. The highest BCUT2D eigenvalue weighted by atomic mass is 35.5. The highest BCUT2D eigenvalue weighted by Crippen LogP contribution is 2.29. The molecule has 0 saturated heterocycles. The van der Waals surface area contributed by atoms with E-state index in [-0.39, 0.29) is 0 Å². The van der Waals surface area contributed by atoms with Gasteiger partial charge in [-0.15, -0.1) is 0 Å². The maximum Gasteiger partial charge on any atom is 0.137 e. The van der Waals surface area contributed by atoms with Gasteiger partial charge in [0, 0.05) is 48.4 Å². The molecule has 3 aromatic rings. The van der Waals surface area contributed by atoms with Crippen molar-refractivity contribution < 1.29 is 0 Å². The van der Waals surface area contributed by atoms with Crippen molar-refractivity contribution >= 4 is 39.5 Å². The molecule has 0 aliphatic carbocycles. The van der Waals surface area contributed by atoms with Crippen molar-refractivity contribution in [2.45, 2.75) is 13.0 Å². The van der Waals surface area contributed by atoms with Crippen molar-refractivity contribution in [1.82, 2.24) is 14.9 Å². The number of H-pyrrole nitrogens is 1. The predicted octanol–water partition coefficient (Wildman–Crippen LogP) is 4.57. The van der Waals surface area contributed by atoms with Crippen molar-refractivity contribution in [2.24, 2.45) is 0 Å². The number of pyridine rings is 1. The number of fused-ring (bicyclic) bond motifs is 1. The topological polar surface area (TPSA) is 31.9 Å². The fourth-order valence-corrected chi connectivity index (χ4v) is 4.02. The Hall–Kier alpha value is -1.62. The van der Waals surface area contributed by atoms with Gasteiger partial charge >= 0.3 is 0 Å². The van der Waals surface area contributed by atoms with Gasteiger partial charge in [0.1, 0.15) is 5.65 Å². The van der Waals surface area contributed by atoms with Gasteiger partial charge in [-0.1, -0.05) is 17.7 Å². The fourth-order valence-electron chi connectivity index (χ4n) is 2.98. The number of thiophene rings is 1. The first-order valence-corrected chi connectivity index (χ1v) is 8.68. The zero-order valence-electron chi connectivity index (χ0n) is 12.1.